The Labute approximate surface area is 125 Å². The predicted molar refractivity (Wildman–Crippen MR) is 81.4 cm³/mol. The molecule has 0 atom stereocenters. The summed E-state index contributed by atoms with van der Waals surface area (Å²) in [4.78, 5) is 18.4. The van der Waals surface area contributed by atoms with Gasteiger partial charge in [-0.05, 0) is 31.7 Å². The number of nitrogens with zero attached hydrogens (tertiary/aromatic N) is 2. The van der Waals surface area contributed by atoms with E-state index in [0.717, 1.165) is 38.4 Å². The zero-order chi connectivity index (χ0) is 15.2. The van der Waals surface area contributed by atoms with Crippen LogP contribution in [0.1, 0.15) is 30.1 Å². The quantitative estimate of drug-likeness (QED) is 0.833. The molecule has 21 heavy (non-hydrogen) atoms. The molecule has 0 aliphatic carbocycles. The number of nitrogen functional groups attached to an aromatic ring is 1. The molecule has 2 heterocycles. The van der Waals surface area contributed by atoms with Crippen LogP contribution >= 0.6 is 0 Å². The van der Waals surface area contributed by atoms with Crippen molar-refractivity contribution in [1.29, 1.82) is 0 Å². The Kier molecular flexibility index (Phi) is 5.38. The third-order valence-electron chi connectivity index (χ3n) is 3.76. The van der Waals surface area contributed by atoms with Gasteiger partial charge < -0.3 is 20.1 Å². The normalized spacial score (nSPS) is 16.0. The molecule has 1 aliphatic heterocycles. The lowest BCUT2D eigenvalue weighted by Crippen LogP contribution is -2.35. The molecule has 0 radical (unpaired) electrons. The van der Waals surface area contributed by atoms with Crippen LogP contribution in [0.4, 0.5) is 11.5 Å². The van der Waals surface area contributed by atoms with Gasteiger partial charge in [-0.15, -0.1) is 0 Å². The average molecular weight is 293 g/mol. The second-order valence-corrected chi connectivity index (χ2v) is 5.24. The number of nitrogens with two attached hydrogens (primary N) is 1. The molecule has 0 bridgehead atoms. The molecule has 116 valence electrons. The monoisotopic (exact) mass is 293 g/mol. The van der Waals surface area contributed by atoms with E-state index in [1.165, 1.54) is 6.20 Å². The van der Waals surface area contributed by atoms with Gasteiger partial charge in [-0.1, -0.05) is 0 Å². The summed E-state index contributed by atoms with van der Waals surface area (Å²) in [6, 6.07) is 1.73. The first-order valence-electron chi connectivity index (χ1n) is 7.32. The zero-order valence-electron chi connectivity index (χ0n) is 12.7. The third-order valence-corrected chi connectivity index (χ3v) is 3.76. The largest absolute Gasteiger partial charge is 0.462 e. The van der Waals surface area contributed by atoms with Crippen LogP contribution in [0, 0.1) is 5.92 Å². The Morgan fingerprint density at radius 3 is 2.81 bits per heavy atom. The van der Waals surface area contributed by atoms with Crippen molar-refractivity contribution in [3.8, 4) is 0 Å². The van der Waals surface area contributed by atoms with Gasteiger partial charge in [0.2, 0.25) is 0 Å². The van der Waals surface area contributed by atoms with Crippen molar-refractivity contribution in [3.63, 3.8) is 0 Å². The number of rotatable bonds is 5. The smallest absolute Gasteiger partial charge is 0.340 e. The number of methoxy groups -OCH3 is 1. The van der Waals surface area contributed by atoms with Crippen LogP contribution < -0.4 is 10.6 Å². The first-order chi connectivity index (χ1) is 10.2. The molecule has 6 nitrogen and oxygen atoms in total. The second kappa shape index (κ2) is 7.26. The van der Waals surface area contributed by atoms with Crippen LogP contribution in [0.25, 0.3) is 0 Å². The molecule has 0 saturated carbocycles. The highest BCUT2D eigenvalue weighted by Gasteiger charge is 2.21. The van der Waals surface area contributed by atoms with Crippen LogP contribution in [0.15, 0.2) is 12.3 Å². The molecule has 2 N–H and O–H groups in total. The highest BCUT2D eigenvalue weighted by molar-refractivity contribution is 5.95. The van der Waals surface area contributed by atoms with E-state index in [1.54, 1.807) is 20.1 Å². The number of anilines is 2. The van der Waals surface area contributed by atoms with Crippen LogP contribution in [-0.2, 0) is 9.47 Å². The fourth-order valence-electron chi connectivity index (χ4n) is 2.58. The molecule has 1 saturated heterocycles. The lowest BCUT2D eigenvalue weighted by molar-refractivity contribution is 0.0527. The lowest BCUT2D eigenvalue weighted by Gasteiger charge is -2.32. The van der Waals surface area contributed by atoms with Crippen LogP contribution in [0.5, 0.6) is 0 Å². The van der Waals surface area contributed by atoms with Gasteiger partial charge in [-0.3, -0.25) is 0 Å². The SMILES string of the molecule is CCOC(=O)c1cc(N2CCC(COC)CC2)ncc1N. The van der Waals surface area contributed by atoms with Gasteiger partial charge in [0.25, 0.3) is 0 Å². The van der Waals surface area contributed by atoms with Crippen molar-refractivity contribution in [2.75, 3.05) is 44.0 Å². The minimum atomic E-state index is -0.395. The molecule has 1 aromatic rings. The van der Waals surface area contributed by atoms with Crippen LogP contribution in [0.2, 0.25) is 0 Å². The molecule has 6 heteroatoms. The highest BCUT2D eigenvalue weighted by atomic mass is 16.5. The van der Waals surface area contributed by atoms with Crippen molar-refractivity contribution >= 4 is 17.5 Å². The minimum Gasteiger partial charge on any atom is -0.462 e. The fraction of sp³-hybridized carbons (Fsp3) is 0.600. The maximum atomic E-state index is 11.9. The van der Waals surface area contributed by atoms with Crippen molar-refractivity contribution in [2.45, 2.75) is 19.8 Å². The molecule has 0 amide bonds. The van der Waals surface area contributed by atoms with Gasteiger partial charge in [0.05, 0.1) is 24.1 Å². The summed E-state index contributed by atoms with van der Waals surface area (Å²) in [6.07, 6.45) is 3.66. The Bertz CT molecular complexity index is 485. The van der Waals surface area contributed by atoms with Gasteiger partial charge >= 0.3 is 5.97 Å². The summed E-state index contributed by atoms with van der Waals surface area (Å²) >= 11 is 0. The Morgan fingerprint density at radius 2 is 2.19 bits per heavy atom. The summed E-state index contributed by atoms with van der Waals surface area (Å²) in [5.41, 5.74) is 6.56. The number of pyridine rings is 1. The Morgan fingerprint density at radius 1 is 1.48 bits per heavy atom. The first-order valence-corrected chi connectivity index (χ1v) is 7.32. The summed E-state index contributed by atoms with van der Waals surface area (Å²) < 4.78 is 10.2. The molecular formula is C15H23N3O3. The molecule has 0 unspecified atom stereocenters. The summed E-state index contributed by atoms with van der Waals surface area (Å²) in [7, 11) is 1.74. The molecule has 0 aromatic carbocycles. The van der Waals surface area contributed by atoms with E-state index in [0.29, 0.717) is 23.8 Å². The number of piperidine rings is 1. The molecule has 0 spiro atoms. The van der Waals surface area contributed by atoms with Crippen LogP contribution in [0.3, 0.4) is 0 Å². The standard InChI is InChI=1S/C15H23N3O3/c1-3-21-15(19)12-8-14(17-9-13(12)16)18-6-4-11(5-7-18)10-20-2/h8-9,11H,3-7,10,16H2,1-2H3. The number of carbonyl (C=O) groups is 1. The number of esters is 1. The van der Waals surface area contributed by atoms with Gasteiger partial charge in [0.1, 0.15) is 5.82 Å². The third kappa shape index (κ3) is 3.85. The fourth-order valence-corrected chi connectivity index (χ4v) is 2.58. The van der Waals surface area contributed by atoms with Gasteiger partial charge in [0, 0.05) is 26.8 Å². The van der Waals surface area contributed by atoms with Crippen molar-refractivity contribution in [3.05, 3.63) is 17.8 Å². The second-order valence-electron chi connectivity index (χ2n) is 5.24. The minimum absolute atomic E-state index is 0.332. The van der Waals surface area contributed by atoms with E-state index in [1.807, 2.05) is 0 Å². The van der Waals surface area contributed by atoms with Crippen molar-refractivity contribution < 1.29 is 14.3 Å². The van der Waals surface area contributed by atoms with Crippen molar-refractivity contribution in [1.82, 2.24) is 4.98 Å². The van der Waals surface area contributed by atoms with Gasteiger partial charge in [0.15, 0.2) is 0 Å². The predicted octanol–water partition coefficient (Wildman–Crippen LogP) is 1.70. The molecule has 2 rings (SSSR count). The van der Waals surface area contributed by atoms with Gasteiger partial charge in [-0.2, -0.15) is 0 Å². The number of hydrogen-bond donors (Lipinski definition) is 1. The number of aromatic nitrogens is 1. The van der Waals surface area contributed by atoms with E-state index in [9.17, 15) is 4.79 Å². The van der Waals surface area contributed by atoms with E-state index in [-0.39, 0.29) is 0 Å². The Hall–Kier alpha value is -1.82. The zero-order valence-corrected chi connectivity index (χ0v) is 12.7. The maximum absolute atomic E-state index is 11.9. The summed E-state index contributed by atoms with van der Waals surface area (Å²) in [5.74, 6) is 0.987. The average Bonchev–Trinajstić information content (AvgIpc) is 2.49. The van der Waals surface area contributed by atoms with E-state index < -0.39 is 5.97 Å². The summed E-state index contributed by atoms with van der Waals surface area (Å²) in [5, 5.41) is 0. The van der Waals surface area contributed by atoms with Crippen molar-refractivity contribution in [2.24, 2.45) is 5.92 Å². The summed E-state index contributed by atoms with van der Waals surface area (Å²) in [6.45, 7) is 4.73. The number of hydrogen-bond acceptors (Lipinski definition) is 6. The molecular weight excluding hydrogens is 270 g/mol. The van der Waals surface area contributed by atoms with Crippen LogP contribution in [-0.4, -0.2) is 44.4 Å². The first kappa shape index (κ1) is 15.6. The van der Waals surface area contributed by atoms with E-state index in [2.05, 4.69) is 9.88 Å². The lowest BCUT2D eigenvalue weighted by atomic mass is 9.98. The number of ether oxygens (including phenoxy) is 2. The van der Waals surface area contributed by atoms with E-state index in [4.69, 9.17) is 15.2 Å². The van der Waals surface area contributed by atoms with Gasteiger partial charge in [-0.25, -0.2) is 9.78 Å². The topological polar surface area (TPSA) is 77.7 Å². The highest BCUT2D eigenvalue weighted by Crippen LogP contribution is 2.24. The Balaban J connectivity index is 2.07. The number of carbonyl (C=O) groups excluding carboxylic acids is 1. The maximum Gasteiger partial charge on any atom is 0.340 e. The molecule has 1 fully saturated rings. The van der Waals surface area contributed by atoms with E-state index >= 15 is 0 Å². The molecule has 1 aromatic heterocycles. The molecule has 1 aliphatic rings.